The molecule has 0 spiro atoms. The van der Waals surface area contributed by atoms with Crippen LogP contribution < -0.4 is 0 Å². The van der Waals surface area contributed by atoms with Gasteiger partial charge in [-0.15, -0.1) is 24.8 Å². The summed E-state index contributed by atoms with van der Waals surface area (Å²) < 4.78 is 6.97. The third-order valence-electron chi connectivity index (χ3n) is 15.2. The SMILES string of the molecule is Cc1ccc(-c2ccc(C(C)C)cc2)c2c1[CH]([Zr]([CH3])([CH3])(=[SiH2])[CH]1C(CC3CCCCC3)=Cc3c(-c4ccc(C(C)C)cc4)ccc(C)c31)C(CC1CCCCC1)=C2.Cl.Cl. The van der Waals surface area contributed by atoms with E-state index in [1.807, 2.05) is 0 Å². The van der Waals surface area contributed by atoms with Crippen molar-refractivity contribution in [2.24, 2.45) is 11.8 Å². The minimum Gasteiger partial charge on any atom is -0.147 e. The summed E-state index contributed by atoms with van der Waals surface area (Å²) in [6, 6.07) is 29.1. The second kappa shape index (κ2) is 18.2. The van der Waals surface area contributed by atoms with Gasteiger partial charge in [0, 0.05) is 0 Å². The Labute approximate surface area is 367 Å². The zero-order valence-corrected chi connectivity index (χ0v) is 42.6. The van der Waals surface area contributed by atoms with Gasteiger partial charge < -0.3 is 0 Å². The van der Waals surface area contributed by atoms with E-state index in [9.17, 15) is 0 Å². The molecule has 2 unspecified atom stereocenters. The summed E-state index contributed by atoms with van der Waals surface area (Å²) in [5.41, 5.74) is 21.7. The molecule has 0 saturated heterocycles. The average Bonchev–Trinajstić information content (AvgIpc) is 3.78. The van der Waals surface area contributed by atoms with Gasteiger partial charge in [0.25, 0.3) is 0 Å². The summed E-state index contributed by atoms with van der Waals surface area (Å²) >= 11 is -3.92. The summed E-state index contributed by atoms with van der Waals surface area (Å²) in [6.45, 7) is 16.7. The van der Waals surface area contributed by atoms with Crippen LogP contribution in [0.3, 0.4) is 0 Å². The monoisotopic (exact) mass is 908 g/mol. The van der Waals surface area contributed by atoms with Gasteiger partial charge in [0.1, 0.15) is 0 Å². The minimum absolute atomic E-state index is 0. The summed E-state index contributed by atoms with van der Waals surface area (Å²) in [4.78, 5) is 0. The molecule has 4 aliphatic rings. The van der Waals surface area contributed by atoms with Gasteiger partial charge in [-0.2, -0.15) is 0 Å². The number of allylic oxidation sites excluding steroid dienone is 2. The molecular formula is C54H72Cl2SiZr. The summed E-state index contributed by atoms with van der Waals surface area (Å²) in [5.74, 6) is 2.74. The third-order valence-corrected chi connectivity index (χ3v) is 32.6. The number of hydrogen-bond donors (Lipinski definition) is 0. The van der Waals surface area contributed by atoms with Crippen LogP contribution in [0.2, 0.25) is 9.26 Å². The Morgan fingerprint density at radius 2 is 0.862 bits per heavy atom. The Balaban J connectivity index is 0.00000283. The fraction of sp³-hybridized carbons (Fsp3) is 0.481. The van der Waals surface area contributed by atoms with E-state index >= 15 is 0 Å². The topological polar surface area (TPSA) is 0 Å². The minimum atomic E-state index is -3.92. The van der Waals surface area contributed by atoms with Crippen molar-refractivity contribution in [1.29, 1.82) is 0 Å². The van der Waals surface area contributed by atoms with E-state index < -0.39 is 17.4 Å². The van der Waals surface area contributed by atoms with E-state index in [0.717, 1.165) is 11.8 Å². The maximum Gasteiger partial charge on any atom is -0.147 e. The van der Waals surface area contributed by atoms with Crippen LogP contribution in [0, 0.1) is 25.7 Å². The molecule has 2 atom stereocenters. The van der Waals surface area contributed by atoms with Crippen molar-refractivity contribution >= 4 is 43.8 Å². The fourth-order valence-electron chi connectivity index (χ4n) is 12.2. The van der Waals surface area contributed by atoms with Gasteiger partial charge in [-0.1, -0.05) is 0 Å². The molecule has 8 rings (SSSR count). The molecule has 0 aromatic heterocycles. The van der Waals surface area contributed by atoms with Crippen LogP contribution in [0.4, 0.5) is 0 Å². The molecule has 0 radical (unpaired) electrons. The van der Waals surface area contributed by atoms with Crippen molar-refractivity contribution in [2.75, 3.05) is 0 Å². The summed E-state index contributed by atoms with van der Waals surface area (Å²) in [5, 5.41) is 0. The van der Waals surface area contributed by atoms with Gasteiger partial charge in [-0.25, -0.2) is 0 Å². The van der Waals surface area contributed by atoms with Gasteiger partial charge in [-0.3, -0.25) is 0 Å². The average molecular weight is 911 g/mol. The van der Waals surface area contributed by atoms with Crippen LogP contribution in [0.25, 0.3) is 34.4 Å². The quantitative estimate of drug-likeness (QED) is 0.139. The van der Waals surface area contributed by atoms with Crippen molar-refractivity contribution in [3.63, 3.8) is 0 Å². The van der Waals surface area contributed by atoms with E-state index in [0.29, 0.717) is 19.1 Å². The zero-order valence-electron chi connectivity index (χ0n) is 37.1. The zero-order chi connectivity index (χ0) is 39.4. The molecule has 4 aliphatic carbocycles. The van der Waals surface area contributed by atoms with Gasteiger partial charge in [0.15, 0.2) is 0 Å². The first-order valence-corrected chi connectivity index (χ1v) is 36.4. The van der Waals surface area contributed by atoms with E-state index in [2.05, 4.69) is 143 Å². The molecule has 4 aromatic carbocycles. The molecule has 0 nitrogen and oxygen atoms in total. The normalized spacial score (nSPS) is 20.0. The van der Waals surface area contributed by atoms with Crippen molar-refractivity contribution in [1.82, 2.24) is 0 Å². The first-order chi connectivity index (χ1) is 26.8. The van der Waals surface area contributed by atoms with Crippen LogP contribution in [0.5, 0.6) is 0 Å². The predicted octanol–water partition coefficient (Wildman–Crippen LogP) is 16.6. The van der Waals surface area contributed by atoms with Gasteiger partial charge in [-0.05, 0) is 0 Å². The molecule has 58 heavy (non-hydrogen) atoms. The van der Waals surface area contributed by atoms with Crippen LogP contribution in [0.1, 0.15) is 168 Å². The molecule has 4 aromatic rings. The number of fused-ring (bicyclic) bond motifs is 2. The Bertz CT molecular complexity index is 2070. The number of aryl methyl sites for hydroxylation is 2. The molecule has 0 bridgehead atoms. The van der Waals surface area contributed by atoms with E-state index in [4.69, 9.17) is 0 Å². The predicted molar refractivity (Wildman–Crippen MR) is 260 cm³/mol. The smallest absolute Gasteiger partial charge is 0.147 e. The molecule has 0 heterocycles. The third kappa shape index (κ3) is 8.72. The second-order valence-electron chi connectivity index (χ2n) is 20.7. The number of benzene rings is 4. The molecular weight excluding hydrogens is 839 g/mol. The van der Waals surface area contributed by atoms with Crippen LogP contribution in [0.15, 0.2) is 83.9 Å². The number of halogens is 2. The first kappa shape index (κ1) is 45.6. The van der Waals surface area contributed by atoms with Gasteiger partial charge >= 0.3 is 346 Å². The van der Waals surface area contributed by atoms with Crippen molar-refractivity contribution < 1.29 is 17.4 Å². The van der Waals surface area contributed by atoms with Crippen LogP contribution >= 0.6 is 24.8 Å². The number of hydrogen-bond acceptors (Lipinski definition) is 0. The maximum atomic E-state index is 2.93. The second-order valence-corrected chi connectivity index (χ2v) is 51.2. The van der Waals surface area contributed by atoms with E-state index in [1.165, 1.54) is 122 Å². The molecule has 0 amide bonds. The first-order valence-electron chi connectivity index (χ1n) is 22.7. The Morgan fingerprint density at radius 3 is 1.19 bits per heavy atom. The van der Waals surface area contributed by atoms with Crippen LogP contribution in [-0.2, 0) is 17.4 Å². The Hall–Kier alpha value is -1.96. The summed E-state index contributed by atoms with van der Waals surface area (Å²) in [7, 11) is 0. The maximum absolute atomic E-state index is 3.92. The van der Waals surface area contributed by atoms with E-state index in [1.54, 1.807) is 33.4 Å². The molecule has 4 heteroatoms. The standard InChI is InChI=1S/2C26H31.2CH3.2ClH.H2Si.Zr/c2*1-18(2)22-10-12-23(13-11-22)24-14-9-19(3)25-16-21(17-26(24)25)15-20-7-5-4-6-8-20;;;;;;/h2*9-14,16-18,20H,4-8,15H2,1-3H3;2*1H3;2*1H;1H2;. The largest absolute Gasteiger partial charge is 0.147 e. The molecule has 2 fully saturated rings. The Morgan fingerprint density at radius 1 is 0.517 bits per heavy atom. The van der Waals surface area contributed by atoms with Crippen LogP contribution in [-0.4, -0.2) is 6.88 Å². The molecule has 310 valence electrons. The Kier molecular flexibility index (Phi) is 14.3. The number of rotatable bonds is 10. The van der Waals surface area contributed by atoms with Crippen molar-refractivity contribution in [3.8, 4) is 22.3 Å². The van der Waals surface area contributed by atoms with Gasteiger partial charge in [0.2, 0.25) is 0 Å². The fourth-order valence-corrected chi connectivity index (χ4v) is 32.1. The van der Waals surface area contributed by atoms with E-state index in [-0.39, 0.29) is 24.8 Å². The molecule has 2 saturated carbocycles. The molecule has 0 N–H and O–H groups in total. The van der Waals surface area contributed by atoms with Gasteiger partial charge in [0.05, 0.1) is 0 Å². The molecule has 0 aliphatic heterocycles. The van der Waals surface area contributed by atoms with Crippen molar-refractivity contribution in [3.05, 3.63) is 128 Å². The summed E-state index contributed by atoms with van der Waals surface area (Å²) in [6.07, 6.45) is 22.3. The van der Waals surface area contributed by atoms with Crippen molar-refractivity contribution in [2.45, 2.75) is 147 Å².